The van der Waals surface area contributed by atoms with Crippen LogP contribution in [-0.2, 0) is 6.54 Å². The van der Waals surface area contributed by atoms with Crippen LogP contribution in [0.4, 0.5) is 5.69 Å². The normalized spacial score (nSPS) is 13.8. The molecule has 0 bridgehead atoms. The quantitative estimate of drug-likeness (QED) is 0.308. The number of aryl methyl sites for hydroxylation is 3. The minimum Gasteiger partial charge on any atom is -1.00 e. The Kier molecular flexibility index (Phi) is 5.06. The van der Waals surface area contributed by atoms with Gasteiger partial charge in [-0.1, -0.05) is 72.3 Å². The Morgan fingerprint density at radius 3 is 2.12 bits per heavy atom. The van der Waals surface area contributed by atoms with Crippen LogP contribution >= 0.6 is 0 Å². The van der Waals surface area contributed by atoms with Crippen molar-refractivity contribution in [2.75, 3.05) is 18.0 Å². The maximum Gasteiger partial charge on any atom is 0.239 e. The van der Waals surface area contributed by atoms with Crippen molar-refractivity contribution in [1.82, 2.24) is 0 Å². The van der Waals surface area contributed by atoms with Crippen LogP contribution in [-0.4, -0.2) is 24.0 Å². The van der Waals surface area contributed by atoms with E-state index in [-0.39, 0.29) is 12.4 Å². The van der Waals surface area contributed by atoms with E-state index in [4.69, 9.17) is 0 Å². The summed E-state index contributed by atoms with van der Waals surface area (Å²) < 4.78 is 2.46. The number of hydrogen-bond donors (Lipinski definition) is 0. The first kappa shape index (κ1) is 20.8. The molecule has 0 aliphatic carbocycles. The van der Waals surface area contributed by atoms with Crippen LogP contribution in [0.25, 0.3) is 32.3 Å². The van der Waals surface area contributed by atoms with Crippen LogP contribution in [0.15, 0.2) is 66.7 Å². The third kappa shape index (κ3) is 3.22. The monoisotopic (exact) mass is 438 g/mol. The first-order chi connectivity index (χ1) is 15.1. The summed E-state index contributed by atoms with van der Waals surface area (Å²) in [6.07, 6.45) is 2.32. The summed E-state index contributed by atoms with van der Waals surface area (Å²) in [5.41, 5.74) is 6.82. The molecule has 2 nitrogen and oxygen atoms in total. The molecule has 0 unspecified atom stereocenters. The Bertz CT molecular complexity index is 1460. The van der Waals surface area contributed by atoms with Gasteiger partial charge in [0.05, 0.1) is 0 Å². The topological polar surface area (TPSA) is 6.25 Å². The van der Waals surface area contributed by atoms with Crippen molar-refractivity contribution in [2.45, 2.75) is 27.3 Å². The van der Waals surface area contributed by atoms with E-state index in [1.54, 1.807) is 0 Å². The summed E-state index contributed by atoms with van der Waals surface area (Å²) >= 11 is 0. The number of halogens is 1. The molecule has 160 valence electrons. The first-order valence-electron chi connectivity index (χ1n) is 11.2. The van der Waals surface area contributed by atoms with Crippen LogP contribution < -0.4 is 17.3 Å². The van der Waals surface area contributed by atoms with Crippen molar-refractivity contribution in [2.24, 2.45) is 0 Å². The zero-order valence-electron chi connectivity index (χ0n) is 18.8. The number of benzene rings is 5. The molecule has 0 atom stereocenters. The lowest BCUT2D eigenvalue weighted by molar-refractivity contribution is -0.529. The maximum absolute atomic E-state index is 2.46. The second kappa shape index (κ2) is 7.79. The Balaban J connectivity index is 0.00000216. The van der Waals surface area contributed by atoms with E-state index in [9.17, 15) is 0 Å². The fourth-order valence-corrected chi connectivity index (χ4v) is 5.62. The molecule has 0 aromatic heterocycles. The summed E-state index contributed by atoms with van der Waals surface area (Å²) in [6, 6.07) is 24.9. The molecule has 0 amide bonds. The Morgan fingerprint density at radius 1 is 0.781 bits per heavy atom. The van der Waals surface area contributed by atoms with Gasteiger partial charge in [-0.05, 0) is 64.2 Å². The van der Waals surface area contributed by atoms with Gasteiger partial charge in [-0.2, -0.15) is 0 Å². The smallest absolute Gasteiger partial charge is 0.239 e. The van der Waals surface area contributed by atoms with Crippen LogP contribution in [0.1, 0.15) is 22.3 Å². The molecular formula is C29H27ClN2. The zero-order chi connectivity index (χ0) is 21.1. The van der Waals surface area contributed by atoms with E-state index in [1.807, 2.05) is 0 Å². The van der Waals surface area contributed by atoms with Gasteiger partial charge in [0, 0.05) is 5.56 Å². The highest BCUT2D eigenvalue weighted by atomic mass is 35.5. The van der Waals surface area contributed by atoms with E-state index >= 15 is 0 Å². The van der Waals surface area contributed by atoms with Gasteiger partial charge >= 0.3 is 0 Å². The predicted octanol–water partition coefficient (Wildman–Crippen LogP) is 3.57. The minimum absolute atomic E-state index is 0. The average Bonchev–Trinajstić information content (AvgIpc) is 3.20. The van der Waals surface area contributed by atoms with Gasteiger partial charge in [0.1, 0.15) is 25.3 Å². The highest BCUT2D eigenvalue weighted by molar-refractivity contribution is 6.23. The second-order valence-corrected chi connectivity index (χ2v) is 9.11. The van der Waals surface area contributed by atoms with Crippen molar-refractivity contribution >= 4 is 44.3 Å². The standard InChI is InChI=1S/C29H27N2.ClH/c1-19-15-20(2)29(21(3)16-19)31-14-13-30(18-31)17-25-10-9-24-8-7-22-5-4-6-23-11-12-26(25)28(24)27(22)23;/h4-12,15-16,18H,13-14,17H2,1-3H3;1H/q+1;/p-1. The van der Waals surface area contributed by atoms with E-state index < -0.39 is 0 Å². The van der Waals surface area contributed by atoms with Crippen molar-refractivity contribution in [3.05, 3.63) is 89.0 Å². The van der Waals surface area contributed by atoms with E-state index in [1.165, 1.54) is 60.3 Å². The van der Waals surface area contributed by atoms with Crippen molar-refractivity contribution < 1.29 is 17.0 Å². The van der Waals surface area contributed by atoms with Crippen molar-refractivity contribution in [3.8, 4) is 0 Å². The van der Waals surface area contributed by atoms with E-state index in [0.29, 0.717) is 0 Å². The largest absolute Gasteiger partial charge is 1.00 e. The summed E-state index contributed by atoms with van der Waals surface area (Å²) in [4.78, 5) is 2.43. The maximum atomic E-state index is 2.46. The van der Waals surface area contributed by atoms with Crippen LogP contribution in [0.2, 0.25) is 0 Å². The van der Waals surface area contributed by atoms with E-state index in [2.05, 4.69) is 103 Å². The van der Waals surface area contributed by atoms with Gasteiger partial charge in [-0.25, -0.2) is 4.90 Å². The fraction of sp³-hybridized carbons (Fsp3) is 0.207. The summed E-state index contributed by atoms with van der Waals surface area (Å²) in [6.45, 7) is 9.66. The summed E-state index contributed by atoms with van der Waals surface area (Å²) in [5.74, 6) is 0. The number of nitrogens with zero attached hydrogens (tertiary/aromatic N) is 2. The molecule has 3 heteroatoms. The molecule has 0 fully saturated rings. The number of anilines is 1. The molecule has 0 saturated carbocycles. The second-order valence-electron chi connectivity index (χ2n) is 9.11. The summed E-state index contributed by atoms with van der Waals surface area (Å²) in [5, 5.41) is 8.19. The molecule has 32 heavy (non-hydrogen) atoms. The molecule has 5 aromatic carbocycles. The Labute approximate surface area is 195 Å². The molecule has 1 heterocycles. The molecule has 0 saturated heterocycles. The van der Waals surface area contributed by atoms with Gasteiger partial charge in [-0.15, -0.1) is 0 Å². The van der Waals surface area contributed by atoms with Crippen LogP contribution in [0.3, 0.4) is 0 Å². The van der Waals surface area contributed by atoms with E-state index in [0.717, 1.165) is 19.6 Å². The Hall–Kier alpha value is -3.10. The lowest BCUT2D eigenvalue weighted by atomic mass is 9.92. The molecule has 1 aliphatic rings. The number of rotatable bonds is 3. The molecule has 0 N–H and O–H groups in total. The fourth-order valence-electron chi connectivity index (χ4n) is 5.62. The lowest BCUT2D eigenvalue weighted by Crippen LogP contribution is -3.00. The minimum atomic E-state index is 0. The van der Waals surface area contributed by atoms with Gasteiger partial charge < -0.3 is 12.4 Å². The highest BCUT2D eigenvalue weighted by Crippen LogP contribution is 2.36. The van der Waals surface area contributed by atoms with Crippen LogP contribution in [0.5, 0.6) is 0 Å². The third-order valence-corrected chi connectivity index (χ3v) is 6.85. The molecule has 0 radical (unpaired) electrons. The van der Waals surface area contributed by atoms with Gasteiger partial charge in [0.2, 0.25) is 6.34 Å². The molecular weight excluding hydrogens is 412 g/mol. The van der Waals surface area contributed by atoms with Gasteiger partial charge in [0.15, 0.2) is 0 Å². The lowest BCUT2D eigenvalue weighted by Gasteiger charge is -2.14. The van der Waals surface area contributed by atoms with Crippen LogP contribution in [0, 0.1) is 20.8 Å². The predicted molar refractivity (Wildman–Crippen MR) is 133 cm³/mol. The molecule has 6 rings (SSSR count). The molecule has 0 spiro atoms. The first-order valence-corrected chi connectivity index (χ1v) is 11.2. The Morgan fingerprint density at radius 2 is 1.41 bits per heavy atom. The zero-order valence-corrected chi connectivity index (χ0v) is 19.6. The highest BCUT2D eigenvalue weighted by Gasteiger charge is 2.25. The molecule has 1 aliphatic heterocycles. The average molecular weight is 439 g/mol. The van der Waals surface area contributed by atoms with Gasteiger partial charge in [0.25, 0.3) is 0 Å². The third-order valence-electron chi connectivity index (χ3n) is 6.85. The van der Waals surface area contributed by atoms with Crippen molar-refractivity contribution in [3.63, 3.8) is 0 Å². The number of hydrogen-bond acceptors (Lipinski definition) is 1. The SMILES string of the molecule is Cc1cc(C)c(N2C=[N+](Cc3ccc4ccc5cccc6ccc3c4c56)CC2)c(C)c1.[Cl-]. The van der Waals surface area contributed by atoms with Gasteiger partial charge in [-0.3, -0.25) is 4.58 Å². The van der Waals surface area contributed by atoms with Crippen molar-refractivity contribution in [1.29, 1.82) is 0 Å². The molecule has 5 aromatic rings. The summed E-state index contributed by atoms with van der Waals surface area (Å²) in [7, 11) is 0.